The van der Waals surface area contributed by atoms with Crippen LogP contribution in [-0.4, -0.2) is 23.4 Å². The van der Waals surface area contributed by atoms with Crippen molar-refractivity contribution in [3.8, 4) is 0 Å². The highest BCUT2D eigenvalue weighted by atomic mass is 35.5. The summed E-state index contributed by atoms with van der Waals surface area (Å²) in [6.45, 7) is 5.07. The molecule has 0 radical (unpaired) electrons. The van der Waals surface area contributed by atoms with E-state index >= 15 is 0 Å². The highest BCUT2D eigenvalue weighted by molar-refractivity contribution is 6.30. The van der Waals surface area contributed by atoms with E-state index in [2.05, 4.69) is 24.1 Å². The van der Waals surface area contributed by atoms with E-state index in [0.29, 0.717) is 18.0 Å². The number of halogens is 1. The number of nitrogens with zero attached hydrogens (tertiary/aromatic N) is 1. The summed E-state index contributed by atoms with van der Waals surface area (Å²) in [5.41, 5.74) is 1.50. The zero-order chi connectivity index (χ0) is 15.0. The molecule has 1 aromatic rings. The molecule has 1 saturated carbocycles. The first-order chi connectivity index (χ1) is 9.96. The van der Waals surface area contributed by atoms with E-state index in [1.165, 1.54) is 12.8 Å². The van der Waals surface area contributed by atoms with Gasteiger partial charge in [-0.1, -0.05) is 37.6 Å². The van der Waals surface area contributed by atoms with Gasteiger partial charge in [-0.3, -0.25) is 10.1 Å². The van der Waals surface area contributed by atoms with E-state index in [1.54, 1.807) is 0 Å². The van der Waals surface area contributed by atoms with Crippen LogP contribution in [0.5, 0.6) is 0 Å². The maximum Gasteiger partial charge on any atom is 0.238 e. The summed E-state index contributed by atoms with van der Waals surface area (Å²) >= 11 is 6.10. The first-order valence-corrected chi connectivity index (χ1v) is 8.14. The number of rotatable bonds is 2. The number of benzene rings is 1. The molecule has 1 aliphatic carbocycles. The molecular weight excluding hydrogens is 284 g/mol. The highest BCUT2D eigenvalue weighted by Crippen LogP contribution is 2.39. The monoisotopic (exact) mass is 306 g/mol. The Balaban J connectivity index is 1.80. The molecule has 0 bridgehead atoms. The Morgan fingerprint density at radius 1 is 1.29 bits per heavy atom. The topological polar surface area (TPSA) is 32.3 Å². The van der Waals surface area contributed by atoms with E-state index in [1.807, 2.05) is 24.3 Å². The van der Waals surface area contributed by atoms with E-state index in [-0.39, 0.29) is 12.1 Å². The molecule has 1 heterocycles. The van der Waals surface area contributed by atoms with Gasteiger partial charge >= 0.3 is 0 Å². The fourth-order valence-electron chi connectivity index (χ4n) is 3.55. The lowest BCUT2D eigenvalue weighted by Gasteiger charge is -2.40. The van der Waals surface area contributed by atoms with Crippen LogP contribution >= 0.6 is 11.6 Å². The quantitative estimate of drug-likeness (QED) is 0.903. The normalized spacial score (nSPS) is 26.3. The Hall–Kier alpha value is -1.06. The van der Waals surface area contributed by atoms with Crippen molar-refractivity contribution in [2.75, 3.05) is 6.54 Å². The number of hydrogen-bond donors (Lipinski definition) is 1. The molecule has 1 atom stereocenters. The molecule has 1 aliphatic heterocycles. The SMILES string of the molecule is CC1(C)CCC(N2C(=O)CNC2c2cccc(Cl)c2)CC1. The fraction of sp³-hybridized carbons (Fsp3) is 0.588. The van der Waals surface area contributed by atoms with Crippen LogP contribution in [0, 0.1) is 5.41 Å². The van der Waals surface area contributed by atoms with Crippen molar-refractivity contribution in [2.45, 2.75) is 51.7 Å². The summed E-state index contributed by atoms with van der Waals surface area (Å²) in [5, 5.41) is 4.06. The average Bonchev–Trinajstić information content (AvgIpc) is 2.81. The molecule has 4 heteroatoms. The molecule has 1 unspecified atom stereocenters. The van der Waals surface area contributed by atoms with Gasteiger partial charge < -0.3 is 4.90 Å². The summed E-state index contributed by atoms with van der Waals surface area (Å²) in [5.74, 6) is 0.213. The molecule has 0 spiro atoms. The van der Waals surface area contributed by atoms with Gasteiger partial charge in [-0.25, -0.2) is 0 Å². The van der Waals surface area contributed by atoms with Gasteiger partial charge in [0.25, 0.3) is 0 Å². The molecule has 1 aromatic carbocycles. The third-order valence-electron chi connectivity index (χ3n) is 4.88. The van der Waals surface area contributed by atoms with Crippen LogP contribution in [0.1, 0.15) is 51.3 Å². The van der Waals surface area contributed by atoms with Crippen LogP contribution in [0.3, 0.4) is 0 Å². The largest absolute Gasteiger partial charge is 0.319 e. The van der Waals surface area contributed by atoms with Gasteiger partial charge in [0.05, 0.1) is 6.54 Å². The summed E-state index contributed by atoms with van der Waals surface area (Å²) in [4.78, 5) is 14.4. The zero-order valence-electron chi connectivity index (χ0n) is 12.7. The number of amides is 1. The van der Waals surface area contributed by atoms with Crippen LogP contribution in [0.25, 0.3) is 0 Å². The summed E-state index contributed by atoms with van der Waals surface area (Å²) in [7, 11) is 0. The van der Waals surface area contributed by atoms with Crippen LogP contribution in [0.15, 0.2) is 24.3 Å². The lowest BCUT2D eigenvalue weighted by Crippen LogP contribution is -2.42. The number of nitrogens with one attached hydrogen (secondary N) is 1. The zero-order valence-corrected chi connectivity index (χ0v) is 13.5. The fourth-order valence-corrected chi connectivity index (χ4v) is 3.75. The lowest BCUT2D eigenvalue weighted by molar-refractivity contribution is -0.131. The number of carbonyl (C=O) groups is 1. The summed E-state index contributed by atoms with van der Waals surface area (Å²) in [6.07, 6.45) is 4.53. The first-order valence-electron chi connectivity index (χ1n) is 7.76. The average molecular weight is 307 g/mol. The van der Waals surface area contributed by atoms with Crippen molar-refractivity contribution in [2.24, 2.45) is 5.41 Å². The summed E-state index contributed by atoms with van der Waals surface area (Å²) in [6, 6.07) is 8.17. The minimum Gasteiger partial charge on any atom is -0.319 e. The predicted octanol–water partition coefficient (Wildman–Crippen LogP) is 3.74. The Bertz CT molecular complexity index is 533. The maximum absolute atomic E-state index is 12.3. The van der Waals surface area contributed by atoms with Gasteiger partial charge in [-0.15, -0.1) is 0 Å². The second-order valence-electron chi connectivity index (χ2n) is 7.03. The molecule has 1 saturated heterocycles. The van der Waals surface area contributed by atoms with Crippen LogP contribution in [-0.2, 0) is 4.79 Å². The van der Waals surface area contributed by atoms with Crippen molar-refractivity contribution >= 4 is 17.5 Å². The Morgan fingerprint density at radius 3 is 2.67 bits per heavy atom. The van der Waals surface area contributed by atoms with E-state index in [4.69, 9.17) is 11.6 Å². The minimum absolute atomic E-state index is 0.0255. The van der Waals surface area contributed by atoms with Gasteiger partial charge in [-0.2, -0.15) is 0 Å². The Kier molecular flexibility index (Phi) is 3.98. The van der Waals surface area contributed by atoms with E-state index < -0.39 is 0 Å². The van der Waals surface area contributed by atoms with Crippen molar-refractivity contribution in [3.63, 3.8) is 0 Å². The molecule has 2 aliphatic rings. The molecule has 0 aromatic heterocycles. The predicted molar refractivity (Wildman–Crippen MR) is 85.1 cm³/mol. The van der Waals surface area contributed by atoms with Gasteiger partial charge in [-0.05, 0) is 48.8 Å². The lowest BCUT2D eigenvalue weighted by atomic mass is 9.75. The van der Waals surface area contributed by atoms with E-state index in [0.717, 1.165) is 23.4 Å². The molecule has 1 N–H and O–H groups in total. The van der Waals surface area contributed by atoms with Crippen molar-refractivity contribution in [1.29, 1.82) is 0 Å². The second-order valence-corrected chi connectivity index (χ2v) is 7.47. The van der Waals surface area contributed by atoms with Gasteiger partial charge in [0.2, 0.25) is 5.91 Å². The maximum atomic E-state index is 12.3. The number of carbonyl (C=O) groups excluding carboxylic acids is 1. The van der Waals surface area contributed by atoms with Crippen LogP contribution < -0.4 is 5.32 Å². The van der Waals surface area contributed by atoms with Crippen molar-refractivity contribution in [1.82, 2.24) is 10.2 Å². The molecule has 114 valence electrons. The standard InChI is InChI=1S/C17H23ClN2O/c1-17(2)8-6-14(7-9-17)20-15(21)11-19-16(20)12-4-3-5-13(18)10-12/h3-5,10,14,16,19H,6-9,11H2,1-2H3. The van der Waals surface area contributed by atoms with Gasteiger partial charge in [0.15, 0.2) is 0 Å². The van der Waals surface area contributed by atoms with Gasteiger partial charge in [0, 0.05) is 11.1 Å². The van der Waals surface area contributed by atoms with Gasteiger partial charge in [0.1, 0.15) is 6.17 Å². The summed E-state index contributed by atoms with van der Waals surface area (Å²) < 4.78 is 0. The van der Waals surface area contributed by atoms with Crippen LogP contribution in [0.4, 0.5) is 0 Å². The highest BCUT2D eigenvalue weighted by Gasteiger charge is 2.39. The third kappa shape index (κ3) is 3.09. The molecule has 3 rings (SSSR count). The smallest absolute Gasteiger partial charge is 0.238 e. The van der Waals surface area contributed by atoms with Crippen molar-refractivity contribution in [3.05, 3.63) is 34.9 Å². The molecule has 2 fully saturated rings. The molecular formula is C17H23ClN2O. The minimum atomic E-state index is -0.0255. The van der Waals surface area contributed by atoms with E-state index in [9.17, 15) is 4.79 Å². The second kappa shape index (κ2) is 5.62. The first kappa shape index (κ1) is 14.9. The molecule has 21 heavy (non-hydrogen) atoms. The number of hydrogen-bond acceptors (Lipinski definition) is 2. The van der Waals surface area contributed by atoms with Crippen molar-refractivity contribution < 1.29 is 4.79 Å². The van der Waals surface area contributed by atoms with Crippen LogP contribution in [0.2, 0.25) is 5.02 Å². The Labute approximate surface area is 131 Å². The third-order valence-corrected chi connectivity index (χ3v) is 5.11. The Morgan fingerprint density at radius 2 is 2.00 bits per heavy atom. The molecule has 1 amide bonds. The molecule has 3 nitrogen and oxygen atoms in total.